The number of amides is 1. The van der Waals surface area contributed by atoms with Crippen LogP contribution in [-0.4, -0.2) is 54.4 Å². The van der Waals surface area contributed by atoms with Crippen LogP contribution in [-0.2, 0) is 7.05 Å². The van der Waals surface area contributed by atoms with Crippen LogP contribution in [0.4, 0.5) is 5.82 Å². The third-order valence-electron chi connectivity index (χ3n) is 4.95. The van der Waals surface area contributed by atoms with Crippen LogP contribution >= 0.6 is 0 Å². The molecular weight excluding hydrogens is 332 g/mol. The van der Waals surface area contributed by atoms with E-state index in [0.29, 0.717) is 5.69 Å². The predicted octanol–water partition coefficient (Wildman–Crippen LogP) is 0.873. The van der Waals surface area contributed by atoms with E-state index in [1.807, 2.05) is 37.6 Å². The molecule has 9 heteroatoms. The van der Waals surface area contributed by atoms with Crippen molar-refractivity contribution in [1.29, 1.82) is 0 Å². The van der Waals surface area contributed by atoms with E-state index >= 15 is 0 Å². The molecule has 0 aromatic carbocycles. The van der Waals surface area contributed by atoms with E-state index in [1.165, 1.54) is 0 Å². The third-order valence-corrected chi connectivity index (χ3v) is 4.95. The van der Waals surface area contributed by atoms with Crippen molar-refractivity contribution >= 4 is 17.4 Å². The fourth-order valence-electron chi connectivity index (χ4n) is 3.32. The summed E-state index contributed by atoms with van der Waals surface area (Å²) >= 11 is 0. The third kappa shape index (κ3) is 2.89. The first kappa shape index (κ1) is 16.5. The van der Waals surface area contributed by atoms with Gasteiger partial charge in [-0.25, -0.2) is 4.98 Å². The monoisotopic (exact) mass is 354 g/mol. The van der Waals surface area contributed by atoms with Crippen molar-refractivity contribution < 1.29 is 4.79 Å². The number of aryl methyl sites for hydroxylation is 3. The molecule has 1 aliphatic rings. The van der Waals surface area contributed by atoms with E-state index in [0.717, 1.165) is 48.9 Å². The molecule has 1 amide bonds. The molecule has 1 N–H and O–H groups in total. The van der Waals surface area contributed by atoms with Gasteiger partial charge >= 0.3 is 0 Å². The highest BCUT2D eigenvalue weighted by molar-refractivity contribution is 5.92. The van der Waals surface area contributed by atoms with Gasteiger partial charge in [-0.05, 0) is 32.8 Å². The normalized spacial score (nSPS) is 15.6. The second kappa shape index (κ2) is 6.40. The number of aromatic nitrogens is 6. The maximum absolute atomic E-state index is 12.4. The lowest BCUT2D eigenvalue weighted by molar-refractivity contribution is 0.0925. The molecule has 3 aromatic rings. The SMILES string of the molecule is Cc1cc(C(=O)NC2CCN(c3nccn4c(C)nnc34)CC2)nn1C. The van der Waals surface area contributed by atoms with Gasteiger partial charge in [0.1, 0.15) is 11.5 Å². The Kier molecular flexibility index (Phi) is 4.06. The van der Waals surface area contributed by atoms with Crippen molar-refractivity contribution in [2.75, 3.05) is 18.0 Å². The highest BCUT2D eigenvalue weighted by Crippen LogP contribution is 2.22. The number of nitrogens with one attached hydrogen (secondary N) is 1. The molecule has 136 valence electrons. The van der Waals surface area contributed by atoms with Gasteiger partial charge in [0.05, 0.1) is 0 Å². The summed E-state index contributed by atoms with van der Waals surface area (Å²) in [4.78, 5) is 19.1. The molecule has 0 spiro atoms. The molecule has 1 fully saturated rings. The van der Waals surface area contributed by atoms with Gasteiger partial charge in [-0.15, -0.1) is 10.2 Å². The highest BCUT2D eigenvalue weighted by Gasteiger charge is 2.24. The lowest BCUT2D eigenvalue weighted by atomic mass is 10.0. The van der Waals surface area contributed by atoms with Crippen molar-refractivity contribution in [2.45, 2.75) is 32.7 Å². The first-order chi connectivity index (χ1) is 12.5. The number of hydrogen-bond donors (Lipinski definition) is 1. The number of rotatable bonds is 3. The standard InChI is InChI=1S/C17H22N8O/c1-11-10-14(22-23(11)3)17(26)19-13-4-7-24(8-5-13)15-16-21-20-12(2)25(16)9-6-18-15/h6,9-10,13H,4-5,7-8H2,1-3H3,(H,19,26). The Bertz CT molecular complexity index is 931. The summed E-state index contributed by atoms with van der Waals surface area (Å²) in [6, 6.07) is 1.95. The average Bonchev–Trinajstić information content (AvgIpc) is 3.19. The van der Waals surface area contributed by atoms with Crippen LogP contribution in [0.1, 0.15) is 34.8 Å². The molecule has 1 saturated heterocycles. The van der Waals surface area contributed by atoms with Gasteiger partial charge < -0.3 is 10.2 Å². The van der Waals surface area contributed by atoms with Crippen molar-refractivity contribution in [2.24, 2.45) is 7.05 Å². The summed E-state index contributed by atoms with van der Waals surface area (Å²) in [5.74, 6) is 1.58. The van der Waals surface area contributed by atoms with Crippen LogP contribution in [0.2, 0.25) is 0 Å². The van der Waals surface area contributed by atoms with Gasteiger partial charge in [-0.3, -0.25) is 13.9 Å². The number of piperidine rings is 1. The smallest absolute Gasteiger partial charge is 0.272 e. The molecule has 26 heavy (non-hydrogen) atoms. The maximum atomic E-state index is 12.4. The first-order valence-corrected chi connectivity index (χ1v) is 8.75. The highest BCUT2D eigenvalue weighted by atomic mass is 16.2. The first-order valence-electron chi connectivity index (χ1n) is 8.75. The van der Waals surface area contributed by atoms with E-state index in [9.17, 15) is 4.79 Å². The van der Waals surface area contributed by atoms with Crippen molar-refractivity contribution in [3.05, 3.63) is 35.7 Å². The Morgan fingerprint density at radius 3 is 2.69 bits per heavy atom. The zero-order chi connectivity index (χ0) is 18.3. The molecule has 4 heterocycles. The second-order valence-corrected chi connectivity index (χ2v) is 6.72. The van der Waals surface area contributed by atoms with Crippen LogP contribution in [0.5, 0.6) is 0 Å². The number of nitrogens with zero attached hydrogens (tertiary/aromatic N) is 7. The van der Waals surface area contributed by atoms with Crippen LogP contribution in [0.15, 0.2) is 18.5 Å². The molecule has 3 aromatic heterocycles. The lowest BCUT2D eigenvalue weighted by Gasteiger charge is -2.32. The Morgan fingerprint density at radius 1 is 1.23 bits per heavy atom. The van der Waals surface area contributed by atoms with E-state index < -0.39 is 0 Å². The Hall–Kier alpha value is -2.97. The van der Waals surface area contributed by atoms with Gasteiger partial charge in [0.2, 0.25) is 5.65 Å². The van der Waals surface area contributed by atoms with Crippen molar-refractivity contribution in [1.82, 2.24) is 34.7 Å². The van der Waals surface area contributed by atoms with Crippen LogP contribution in [0.25, 0.3) is 5.65 Å². The van der Waals surface area contributed by atoms with E-state index in [1.54, 1.807) is 10.9 Å². The van der Waals surface area contributed by atoms with Gasteiger partial charge in [0.15, 0.2) is 5.82 Å². The zero-order valence-electron chi connectivity index (χ0n) is 15.2. The molecule has 9 nitrogen and oxygen atoms in total. The molecule has 0 unspecified atom stereocenters. The van der Waals surface area contributed by atoms with Gasteiger partial charge in [0, 0.05) is 44.3 Å². The molecule has 4 rings (SSSR count). The fourth-order valence-corrected chi connectivity index (χ4v) is 3.32. The minimum absolute atomic E-state index is 0.111. The second-order valence-electron chi connectivity index (χ2n) is 6.72. The van der Waals surface area contributed by atoms with Gasteiger partial charge in [-0.1, -0.05) is 0 Å². The largest absolute Gasteiger partial charge is 0.353 e. The van der Waals surface area contributed by atoms with E-state index in [2.05, 4.69) is 30.5 Å². The topological polar surface area (TPSA) is 93.2 Å². The lowest BCUT2D eigenvalue weighted by Crippen LogP contribution is -2.45. The van der Waals surface area contributed by atoms with Crippen LogP contribution in [0, 0.1) is 13.8 Å². The number of carbonyl (C=O) groups is 1. The molecule has 0 radical (unpaired) electrons. The minimum atomic E-state index is -0.111. The number of carbonyl (C=O) groups excluding carboxylic acids is 1. The molecule has 0 atom stereocenters. The van der Waals surface area contributed by atoms with E-state index in [-0.39, 0.29) is 11.9 Å². The average molecular weight is 354 g/mol. The summed E-state index contributed by atoms with van der Waals surface area (Å²) in [6.07, 6.45) is 5.35. The number of anilines is 1. The van der Waals surface area contributed by atoms with Crippen LogP contribution in [0.3, 0.4) is 0 Å². The van der Waals surface area contributed by atoms with Crippen molar-refractivity contribution in [3.63, 3.8) is 0 Å². The molecular formula is C17H22N8O. The minimum Gasteiger partial charge on any atom is -0.353 e. The molecule has 0 aliphatic carbocycles. The van der Waals surface area contributed by atoms with Gasteiger partial charge in [0.25, 0.3) is 5.91 Å². The summed E-state index contributed by atoms with van der Waals surface area (Å²) < 4.78 is 3.66. The molecule has 1 aliphatic heterocycles. The van der Waals surface area contributed by atoms with Gasteiger partial charge in [-0.2, -0.15) is 5.10 Å². The number of hydrogen-bond acceptors (Lipinski definition) is 6. The maximum Gasteiger partial charge on any atom is 0.272 e. The Morgan fingerprint density at radius 2 is 2.00 bits per heavy atom. The van der Waals surface area contributed by atoms with Crippen LogP contribution < -0.4 is 10.2 Å². The Balaban J connectivity index is 1.41. The quantitative estimate of drug-likeness (QED) is 0.750. The summed E-state index contributed by atoms with van der Waals surface area (Å²) in [5.41, 5.74) is 2.21. The fraction of sp³-hybridized carbons (Fsp3) is 0.471. The number of fused-ring (bicyclic) bond motifs is 1. The summed E-state index contributed by atoms with van der Waals surface area (Å²) in [6.45, 7) is 5.47. The summed E-state index contributed by atoms with van der Waals surface area (Å²) in [7, 11) is 1.84. The van der Waals surface area contributed by atoms with Crippen molar-refractivity contribution in [3.8, 4) is 0 Å². The Labute approximate surface area is 151 Å². The van der Waals surface area contributed by atoms with E-state index in [4.69, 9.17) is 0 Å². The predicted molar refractivity (Wildman–Crippen MR) is 96.2 cm³/mol. The zero-order valence-corrected chi connectivity index (χ0v) is 15.2. The summed E-state index contributed by atoms with van der Waals surface area (Å²) in [5, 5.41) is 15.7. The molecule has 0 saturated carbocycles. The molecule has 0 bridgehead atoms.